The Balaban J connectivity index is 2.36. The molecule has 0 N–H and O–H groups in total. The van der Waals surface area contributed by atoms with Crippen LogP contribution in [0.4, 0.5) is 5.69 Å². The molecule has 1 aromatic heterocycles. The number of para-hydroxylation sites is 1. The van der Waals surface area contributed by atoms with Crippen LogP contribution >= 0.6 is 11.8 Å². The molecule has 2 aromatic rings. The van der Waals surface area contributed by atoms with Crippen LogP contribution in [-0.2, 0) is 0 Å². The number of hydrogen-bond donors (Lipinski definition) is 0. The SMILES string of the molecule is CSc1ccccc1N=C(C)c1ccccn1. The Morgan fingerprint density at radius 3 is 2.59 bits per heavy atom. The van der Waals surface area contributed by atoms with Crippen molar-refractivity contribution in [1.29, 1.82) is 0 Å². The zero-order valence-corrected chi connectivity index (χ0v) is 10.7. The van der Waals surface area contributed by atoms with Gasteiger partial charge >= 0.3 is 0 Å². The Morgan fingerprint density at radius 2 is 1.88 bits per heavy atom. The first kappa shape index (κ1) is 11.9. The number of benzene rings is 1. The normalized spacial score (nSPS) is 11.5. The van der Waals surface area contributed by atoms with E-state index in [2.05, 4.69) is 22.3 Å². The van der Waals surface area contributed by atoms with E-state index in [1.807, 2.05) is 43.3 Å². The predicted molar refractivity (Wildman–Crippen MR) is 74.3 cm³/mol. The van der Waals surface area contributed by atoms with E-state index in [1.54, 1.807) is 18.0 Å². The molecule has 0 radical (unpaired) electrons. The van der Waals surface area contributed by atoms with Crippen LogP contribution in [0.25, 0.3) is 0 Å². The molecule has 0 spiro atoms. The standard InChI is InChI=1S/C14H14N2S/c1-11(12-7-5-6-10-15-12)16-13-8-3-4-9-14(13)17-2/h3-10H,1-2H3. The van der Waals surface area contributed by atoms with Gasteiger partial charge in [0, 0.05) is 11.1 Å². The average molecular weight is 242 g/mol. The quantitative estimate of drug-likeness (QED) is 0.601. The second kappa shape index (κ2) is 5.64. The highest BCUT2D eigenvalue weighted by molar-refractivity contribution is 7.98. The molecule has 86 valence electrons. The fraction of sp³-hybridized carbons (Fsp3) is 0.143. The Labute approximate surface area is 106 Å². The molecular weight excluding hydrogens is 228 g/mol. The van der Waals surface area contributed by atoms with Gasteiger partial charge in [-0.05, 0) is 37.4 Å². The highest BCUT2D eigenvalue weighted by atomic mass is 32.2. The van der Waals surface area contributed by atoms with Gasteiger partial charge in [0.1, 0.15) is 0 Å². The highest BCUT2D eigenvalue weighted by Crippen LogP contribution is 2.27. The van der Waals surface area contributed by atoms with Gasteiger partial charge < -0.3 is 0 Å². The molecule has 0 aliphatic heterocycles. The zero-order valence-electron chi connectivity index (χ0n) is 9.92. The number of nitrogens with zero attached hydrogens (tertiary/aromatic N) is 2. The lowest BCUT2D eigenvalue weighted by Gasteiger charge is -2.04. The molecule has 0 saturated heterocycles. The molecule has 2 nitrogen and oxygen atoms in total. The summed E-state index contributed by atoms with van der Waals surface area (Å²) in [5.74, 6) is 0. The van der Waals surface area contributed by atoms with Gasteiger partial charge in [-0.15, -0.1) is 11.8 Å². The van der Waals surface area contributed by atoms with Crippen LogP contribution in [0.2, 0.25) is 0 Å². The monoisotopic (exact) mass is 242 g/mol. The molecule has 0 bridgehead atoms. The van der Waals surface area contributed by atoms with Crippen molar-refractivity contribution in [1.82, 2.24) is 4.98 Å². The summed E-state index contributed by atoms with van der Waals surface area (Å²) >= 11 is 1.71. The van der Waals surface area contributed by atoms with E-state index in [4.69, 9.17) is 0 Å². The first-order chi connectivity index (χ1) is 8.31. The maximum absolute atomic E-state index is 4.63. The van der Waals surface area contributed by atoms with Crippen molar-refractivity contribution in [3.8, 4) is 0 Å². The van der Waals surface area contributed by atoms with Crippen LogP contribution in [-0.4, -0.2) is 17.0 Å². The van der Waals surface area contributed by atoms with E-state index < -0.39 is 0 Å². The van der Waals surface area contributed by atoms with Crippen LogP contribution in [0.3, 0.4) is 0 Å². The number of hydrogen-bond acceptors (Lipinski definition) is 3. The zero-order chi connectivity index (χ0) is 12.1. The lowest BCUT2D eigenvalue weighted by Crippen LogP contribution is -1.96. The molecule has 3 heteroatoms. The van der Waals surface area contributed by atoms with Crippen molar-refractivity contribution in [3.05, 3.63) is 54.4 Å². The van der Waals surface area contributed by atoms with Crippen LogP contribution in [0, 0.1) is 0 Å². The average Bonchev–Trinajstić information content (AvgIpc) is 2.40. The summed E-state index contributed by atoms with van der Waals surface area (Å²) in [4.78, 5) is 10.1. The van der Waals surface area contributed by atoms with Crippen molar-refractivity contribution in [3.63, 3.8) is 0 Å². The van der Waals surface area contributed by atoms with E-state index in [0.717, 1.165) is 17.1 Å². The van der Waals surface area contributed by atoms with Crippen molar-refractivity contribution in [2.75, 3.05) is 6.26 Å². The third-order valence-electron chi connectivity index (χ3n) is 2.41. The molecule has 17 heavy (non-hydrogen) atoms. The van der Waals surface area contributed by atoms with E-state index in [0.29, 0.717) is 0 Å². The summed E-state index contributed by atoms with van der Waals surface area (Å²) in [6.45, 7) is 1.99. The summed E-state index contributed by atoms with van der Waals surface area (Å²) in [5.41, 5.74) is 2.86. The second-order valence-electron chi connectivity index (χ2n) is 3.58. The molecule has 2 rings (SSSR count). The molecule has 0 amide bonds. The number of pyridine rings is 1. The molecule has 1 heterocycles. The van der Waals surface area contributed by atoms with E-state index in [1.165, 1.54) is 4.90 Å². The maximum Gasteiger partial charge on any atom is 0.0841 e. The van der Waals surface area contributed by atoms with Gasteiger partial charge in [-0.1, -0.05) is 18.2 Å². The van der Waals surface area contributed by atoms with Gasteiger partial charge in [-0.25, -0.2) is 0 Å². The Morgan fingerprint density at radius 1 is 1.12 bits per heavy atom. The summed E-state index contributed by atoms with van der Waals surface area (Å²) in [5, 5.41) is 0. The van der Waals surface area contributed by atoms with E-state index in [9.17, 15) is 0 Å². The Hall–Kier alpha value is -1.61. The molecule has 0 atom stereocenters. The van der Waals surface area contributed by atoms with E-state index >= 15 is 0 Å². The minimum atomic E-state index is 0.920. The molecule has 0 unspecified atom stereocenters. The highest BCUT2D eigenvalue weighted by Gasteiger charge is 2.01. The Bertz CT molecular complexity index is 521. The van der Waals surface area contributed by atoms with Gasteiger partial charge in [-0.2, -0.15) is 0 Å². The van der Waals surface area contributed by atoms with Crippen molar-refractivity contribution in [2.24, 2.45) is 4.99 Å². The van der Waals surface area contributed by atoms with Crippen LogP contribution in [0.1, 0.15) is 12.6 Å². The van der Waals surface area contributed by atoms with Crippen LogP contribution in [0.15, 0.2) is 58.5 Å². The van der Waals surface area contributed by atoms with Gasteiger partial charge in [0.05, 0.1) is 17.1 Å². The lowest BCUT2D eigenvalue weighted by molar-refractivity contribution is 1.27. The minimum absolute atomic E-state index is 0.920. The van der Waals surface area contributed by atoms with Crippen molar-refractivity contribution < 1.29 is 0 Å². The molecule has 0 aliphatic carbocycles. The second-order valence-corrected chi connectivity index (χ2v) is 4.43. The smallest absolute Gasteiger partial charge is 0.0841 e. The number of rotatable bonds is 3. The third-order valence-corrected chi connectivity index (χ3v) is 3.19. The number of thioether (sulfide) groups is 1. The summed E-state index contributed by atoms with van der Waals surface area (Å²) in [6, 6.07) is 14.0. The molecule has 0 saturated carbocycles. The minimum Gasteiger partial charge on any atom is -0.255 e. The van der Waals surface area contributed by atoms with E-state index in [-0.39, 0.29) is 0 Å². The lowest BCUT2D eigenvalue weighted by atomic mass is 10.2. The van der Waals surface area contributed by atoms with Gasteiger partial charge in [-0.3, -0.25) is 9.98 Å². The molecule has 1 aromatic carbocycles. The first-order valence-electron chi connectivity index (χ1n) is 5.41. The van der Waals surface area contributed by atoms with Crippen LogP contribution < -0.4 is 0 Å². The van der Waals surface area contributed by atoms with Crippen molar-refractivity contribution >= 4 is 23.2 Å². The first-order valence-corrected chi connectivity index (χ1v) is 6.63. The van der Waals surface area contributed by atoms with Gasteiger partial charge in [0.2, 0.25) is 0 Å². The predicted octanol–water partition coefficient (Wildman–Crippen LogP) is 3.94. The fourth-order valence-electron chi connectivity index (χ4n) is 1.54. The maximum atomic E-state index is 4.63. The molecular formula is C14H14N2S. The van der Waals surface area contributed by atoms with Crippen LogP contribution in [0.5, 0.6) is 0 Å². The van der Waals surface area contributed by atoms with Crippen molar-refractivity contribution in [2.45, 2.75) is 11.8 Å². The van der Waals surface area contributed by atoms with Gasteiger partial charge in [0.15, 0.2) is 0 Å². The largest absolute Gasteiger partial charge is 0.255 e. The summed E-state index contributed by atoms with van der Waals surface area (Å²) < 4.78 is 0. The molecule has 0 fully saturated rings. The Kier molecular flexibility index (Phi) is 3.94. The summed E-state index contributed by atoms with van der Waals surface area (Å²) in [7, 11) is 0. The summed E-state index contributed by atoms with van der Waals surface area (Å²) in [6.07, 6.45) is 3.85. The van der Waals surface area contributed by atoms with Gasteiger partial charge in [0.25, 0.3) is 0 Å². The number of aliphatic imine (C=N–C) groups is 1. The molecule has 0 aliphatic rings. The fourth-order valence-corrected chi connectivity index (χ4v) is 2.07. The third kappa shape index (κ3) is 2.94. The topological polar surface area (TPSA) is 25.2 Å². The number of aromatic nitrogens is 1.